The highest BCUT2D eigenvalue weighted by Gasteiger charge is 2.19. The van der Waals surface area contributed by atoms with Gasteiger partial charge in [0.15, 0.2) is 0 Å². The lowest BCUT2D eigenvalue weighted by Crippen LogP contribution is -2.47. The van der Waals surface area contributed by atoms with Gasteiger partial charge in [0.25, 0.3) is 0 Å². The first-order valence-corrected chi connectivity index (χ1v) is 9.66. The van der Waals surface area contributed by atoms with Gasteiger partial charge in [-0.2, -0.15) is 0 Å². The van der Waals surface area contributed by atoms with Crippen LogP contribution in [0.25, 0.3) is 0 Å². The van der Waals surface area contributed by atoms with E-state index < -0.39 is 0 Å². The molecule has 0 heterocycles. The summed E-state index contributed by atoms with van der Waals surface area (Å²) in [4.78, 5) is 14.7. The third-order valence-corrected chi connectivity index (χ3v) is 4.77. The zero-order chi connectivity index (χ0) is 19.5. The predicted octanol–water partition coefficient (Wildman–Crippen LogP) is 2.97. The van der Waals surface area contributed by atoms with E-state index in [1.807, 2.05) is 48.5 Å². The SMILES string of the molecule is CCN(CC)C(CNC(=O)NC(CO)Cc1ccccc1)c1ccccc1. The lowest BCUT2D eigenvalue weighted by Gasteiger charge is -2.30. The number of aliphatic hydroxyl groups excluding tert-OH is 1. The first kappa shape index (κ1) is 20.9. The maximum absolute atomic E-state index is 12.4. The fourth-order valence-corrected chi connectivity index (χ4v) is 3.28. The molecule has 0 aliphatic rings. The number of carbonyl (C=O) groups excluding carboxylic acids is 1. The summed E-state index contributed by atoms with van der Waals surface area (Å²) in [6, 6.07) is 19.6. The summed E-state index contributed by atoms with van der Waals surface area (Å²) in [6.07, 6.45) is 0.600. The number of aliphatic hydroxyl groups is 1. The molecule has 2 unspecified atom stereocenters. The Labute approximate surface area is 162 Å². The van der Waals surface area contributed by atoms with Gasteiger partial charge in [-0.25, -0.2) is 4.79 Å². The van der Waals surface area contributed by atoms with Gasteiger partial charge in [0.1, 0.15) is 0 Å². The minimum absolute atomic E-state index is 0.0968. The molecule has 2 aromatic carbocycles. The van der Waals surface area contributed by atoms with Crippen molar-refractivity contribution in [3.63, 3.8) is 0 Å². The Hall–Kier alpha value is -2.37. The van der Waals surface area contributed by atoms with E-state index in [0.717, 1.165) is 18.7 Å². The molecule has 5 nitrogen and oxygen atoms in total. The zero-order valence-electron chi connectivity index (χ0n) is 16.3. The maximum Gasteiger partial charge on any atom is 0.315 e. The Morgan fingerprint density at radius 3 is 2.15 bits per heavy atom. The Balaban J connectivity index is 1.94. The van der Waals surface area contributed by atoms with E-state index in [2.05, 4.69) is 41.5 Å². The quantitative estimate of drug-likeness (QED) is 0.603. The van der Waals surface area contributed by atoms with E-state index in [1.54, 1.807) is 0 Å². The highest BCUT2D eigenvalue weighted by molar-refractivity contribution is 5.74. The molecule has 0 aliphatic heterocycles. The van der Waals surface area contributed by atoms with E-state index in [1.165, 1.54) is 5.56 Å². The maximum atomic E-state index is 12.4. The first-order chi connectivity index (χ1) is 13.2. The highest BCUT2D eigenvalue weighted by atomic mass is 16.3. The zero-order valence-corrected chi connectivity index (χ0v) is 16.3. The predicted molar refractivity (Wildman–Crippen MR) is 110 cm³/mol. The summed E-state index contributed by atoms with van der Waals surface area (Å²) < 4.78 is 0. The van der Waals surface area contributed by atoms with Crippen LogP contribution < -0.4 is 10.6 Å². The lowest BCUT2D eigenvalue weighted by molar-refractivity contribution is 0.198. The van der Waals surface area contributed by atoms with E-state index in [4.69, 9.17) is 0 Å². The van der Waals surface area contributed by atoms with Crippen molar-refractivity contribution in [1.82, 2.24) is 15.5 Å². The van der Waals surface area contributed by atoms with Crippen LogP contribution in [0.4, 0.5) is 4.79 Å². The highest BCUT2D eigenvalue weighted by Crippen LogP contribution is 2.19. The average Bonchev–Trinajstić information content (AvgIpc) is 2.72. The van der Waals surface area contributed by atoms with E-state index >= 15 is 0 Å². The molecule has 2 atom stereocenters. The molecule has 146 valence electrons. The number of hydrogen-bond acceptors (Lipinski definition) is 3. The van der Waals surface area contributed by atoms with Crippen LogP contribution in [0.1, 0.15) is 31.0 Å². The molecule has 0 saturated carbocycles. The third kappa shape index (κ3) is 6.70. The molecular weight excluding hydrogens is 338 g/mol. The minimum Gasteiger partial charge on any atom is -0.394 e. The summed E-state index contributed by atoms with van der Waals surface area (Å²) in [5.41, 5.74) is 2.27. The fraction of sp³-hybridized carbons (Fsp3) is 0.409. The van der Waals surface area contributed by atoms with Gasteiger partial charge in [0.05, 0.1) is 18.7 Å². The van der Waals surface area contributed by atoms with Gasteiger partial charge in [-0.05, 0) is 30.6 Å². The fourth-order valence-electron chi connectivity index (χ4n) is 3.28. The Kier molecular flexibility index (Phi) is 8.81. The number of carbonyl (C=O) groups is 1. The molecule has 2 aromatic rings. The van der Waals surface area contributed by atoms with Crippen molar-refractivity contribution in [3.8, 4) is 0 Å². The molecule has 27 heavy (non-hydrogen) atoms. The van der Waals surface area contributed by atoms with Crippen molar-refractivity contribution in [1.29, 1.82) is 0 Å². The number of amides is 2. The van der Waals surface area contributed by atoms with Crippen LogP contribution in [0.2, 0.25) is 0 Å². The molecule has 0 spiro atoms. The number of likely N-dealkylation sites (N-methyl/N-ethyl adjacent to an activating group) is 1. The Morgan fingerprint density at radius 1 is 1.00 bits per heavy atom. The molecule has 3 N–H and O–H groups in total. The standard InChI is InChI=1S/C22H31N3O2/c1-3-25(4-2)21(19-13-9-6-10-14-19)16-23-22(27)24-20(17-26)15-18-11-7-5-8-12-18/h5-14,20-21,26H,3-4,15-17H2,1-2H3,(H2,23,24,27). The minimum atomic E-state index is -0.309. The molecule has 2 amide bonds. The van der Waals surface area contributed by atoms with E-state index in [0.29, 0.717) is 13.0 Å². The number of benzene rings is 2. The van der Waals surface area contributed by atoms with Gasteiger partial charge in [-0.1, -0.05) is 74.5 Å². The summed E-state index contributed by atoms with van der Waals surface area (Å²) in [6.45, 7) is 6.49. The topological polar surface area (TPSA) is 64.6 Å². The molecule has 0 fully saturated rings. The lowest BCUT2D eigenvalue weighted by atomic mass is 10.1. The van der Waals surface area contributed by atoms with Gasteiger partial charge < -0.3 is 15.7 Å². The van der Waals surface area contributed by atoms with Gasteiger partial charge in [-0.15, -0.1) is 0 Å². The molecule has 0 radical (unpaired) electrons. The van der Waals surface area contributed by atoms with Crippen LogP contribution in [0.3, 0.4) is 0 Å². The number of rotatable bonds is 10. The van der Waals surface area contributed by atoms with E-state index in [-0.39, 0.29) is 24.7 Å². The van der Waals surface area contributed by atoms with Crippen LogP contribution >= 0.6 is 0 Å². The molecule has 2 rings (SSSR count). The number of nitrogens with one attached hydrogen (secondary N) is 2. The van der Waals surface area contributed by atoms with Crippen molar-refractivity contribution < 1.29 is 9.90 Å². The Bertz CT molecular complexity index is 660. The molecule has 0 aliphatic carbocycles. The van der Waals surface area contributed by atoms with Crippen molar-refractivity contribution in [2.75, 3.05) is 26.2 Å². The summed E-state index contributed by atoms with van der Waals surface area (Å²) >= 11 is 0. The average molecular weight is 370 g/mol. The second kappa shape index (κ2) is 11.4. The second-order valence-electron chi connectivity index (χ2n) is 6.57. The smallest absolute Gasteiger partial charge is 0.315 e. The van der Waals surface area contributed by atoms with Crippen molar-refractivity contribution in [3.05, 3.63) is 71.8 Å². The molecule has 0 bridgehead atoms. The number of nitrogens with zero attached hydrogens (tertiary/aromatic N) is 1. The number of urea groups is 1. The van der Waals surface area contributed by atoms with Gasteiger partial charge in [0, 0.05) is 6.54 Å². The van der Waals surface area contributed by atoms with Crippen LogP contribution in [0, 0.1) is 0 Å². The van der Waals surface area contributed by atoms with Crippen LogP contribution in [-0.2, 0) is 6.42 Å². The summed E-state index contributed by atoms with van der Waals surface area (Å²) in [7, 11) is 0. The molecule has 5 heteroatoms. The molecule has 0 saturated heterocycles. The first-order valence-electron chi connectivity index (χ1n) is 9.66. The van der Waals surface area contributed by atoms with Crippen LogP contribution in [0.5, 0.6) is 0 Å². The van der Waals surface area contributed by atoms with Crippen LogP contribution in [0.15, 0.2) is 60.7 Å². The summed E-state index contributed by atoms with van der Waals surface area (Å²) in [5, 5.41) is 15.5. The van der Waals surface area contributed by atoms with Crippen LogP contribution in [-0.4, -0.2) is 48.3 Å². The Morgan fingerprint density at radius 2 is 1.59 bits per heavy atom. The number of hydrogen-bond donors (Lipinski definition) is 3. The molecular formula is C22H31N3O2. The monoisotopic (exact) mass is 369 g/mol. The van der Waals surface area contributed by atoms with Crippen molar-refractivity contribution in [2.45, 2.75) is 32.4 Å². The second-order valence-corrected chi connectivity index (χ2v) is 6.57. The van der Waals surface area contributed by atoms with Gasteiger partial charge in [0.2, 0.25) is 0 Å². The molecule has 0 aromatic heterocycles. The normalized spacial score (nSPS) is 13.2. The van der Waals surface area contributed by atoms with Gasteiger partial charge in [-0.3, -0.25) is 4.90 Å². The van der Waals surface area contributed by atoms with E-state index in [9.17, 15) is 9.90 Å². The van der Waals surface area contributed by atoms with Crippen molar-refractivity contribution in [2.24, 2.45) is 0 Å². The third-order valence-electron chi connectivity index (χ3n) is 4.77. The largest absolute Gasteiger partial charge is 0.394 e. The summed E-state index contributed by atoms with van der Waals surface area (Å²) in [5.74, 6) is 0. The van der Waals surface area contributed by atoms with Gasteiger partial charge >= 0.3 is 6.03 Å². The van der Waals surface area contributed by atoms with Crippen molar-refractivity contribution >= 4 is 6.03 Å².